The molecule has 0 saturated carbocycles. The summed E-state index contributed by atoms with van der Waals surface area (Å²) in [4.78, 5) is 0. The van der Waals surface area contributed by atoms with Crippen molar-refractivity contribution in [3.63, 3.8) is 0 Å². The predicted molar refractivity (Wildman–Crippen MR) is 53.7 cm³/mol. The fourth-order valence-electron chi connectivity index (χ4n) is 0.825. The Kier molecular flexibility index (Phi) is 3.71. The molecule has 0 fully saturated rings. The maximum Gasteiger partial charge on any atom is 0.136 e. The molecule has 0 spiro atoms. The van der Waals surface area contributed by atoms with Crippen molar-refractivity contribution < 1.29 is 8.78 Å². The molecule has 0 nitrogen and oxygen atoms in total. The first-order valence-electron chi connectivity index (χ1n) is 3.17. The van der Waals surface area contributed by atoms with Gasteiger partial charge >= 0.3 is 0 Å². The van der Waals surface area contributed by atoms with Crippen LogP contribution < -0.4 is 0 Å². The second-order valence-corrected chi connectivity index (χ2v) is 3.74. The Balaban J connectivity index is 3.37. The van der Waals surface area contributed by atoms with Gasteiger partial charge in [0.15, 0.2) is 0 Å². The Morgan fingerprint density at radius 2 is 1.77 bits per heavy atom. The summed E-state index contributed by atoms with van der Waals surface area (Å²) in [5.74, 6) is -1.51. The van der Waals surface area contributed by atoms with Crippen molar-refractivity contribution in [1.29, 1.82) is 0 Å². The second kappa shape index (κ2) is 4.40. The van der Waals surface area contributed by atoms with Gasteiger partial charge in [-0.1, -0.05) is 39.1 Å². The lowest BCUT2D eigenvalue weighted by Crippen LogP contribution is -1.91. The Morgan fingerprint density at radius 1 is 1.31 bits per heavy atom. The highest BCUT2D eigenvalue weighted by atomic mass is 79.9. The first-order valence-corrected chi connectivity index (χ1v) is 4.77. The predicted octanol–water partition coefficient (Wildman–Crippen LogP) is 4.50. The van der Waals surface area contributed by atoms with E-state index in [1.807, 2.05) is 0 Å². The minimum atomic E-state index is -0.756. The smallest absolute Gasteiger partial charge is 0.136 e. The third-order valence-corrected chi connectivity index (χ3v) is 2.43. The zero-order chi connectivity index (χ0) is 10.0. The summed E-state index contributed by atoms with van der Waals surface area (Å²) in [6.07, 6.45) is 0. The zero-order valence-electron chi connectivity index (χ0n) is 6.12. The van der Waals surface area contributed by atoms with Crippen LogP contribution in [-0.2, 0) is 0 Å². The monoisotopic (exact) mass is 286 g/mol. The van der Waals surface area contributed by atoms with Crippen LogP contribution in [0, 0.1) is 11.6 Å². The maximum absolute atomic E-state index is 13.1. The van der Waals surface area contributed by atoms with E-state index in [1.54, 1.807) is 0 Å². The average Bonchev–Trinajstić information content (AvgIpc) is 2.02. The van der Waals surface area contributed by atoms with Gasteiger partial charge in [0.05, 0.1) is 10.6 Å². The molecule has 1 aromatic rings. The molecule has 0 atom stereocenters. The molecule has 0 aliphatic carbocycles. The van der Waals surface area contributed by atoms with Gasteiger partial charge in [-0.2, -0.15) is 0 Å². The van der Waals surface area contributed by atoms with Gasteiger partial charge in [-0.25, -0.2) is 8.78 Å². The molecular formula is C8H3BrCl2F2. The summed E-state index contributed by atoms with van der Waals surface area (Å²) >= 11 is 13.7. The summed E-state index contributed by atoms with van der Waals surface area (Å²) < 4.78 is 26.5. The van der Waals surface area contributed by atoms with Crippen molar-refractivity contribution in [3.8, 4) is 0 Å². The highest BCUT2D eigenvalue weighted by Gasteiger charge is 2.12. The summed E-state index contributed by atoms with van der Waals surface area (Å²) in [7, 11) is 0. The van der Waals surface area contributed by atoms with Gasteiger partial charge in [-0.05, 0) is 12.1 Å². The van der Waals surface area contributed by atoms with Gasteiger partial charge in [-0.3, -0.25) is 0 Å². The van der Waals surface area contributed by atoms with E-state index in [9.17, 15) is 8.78 Å². The van der Waals surface area contributed by atoms with Crippen molar-refractivity contribution in [2.45, 2.75) is 0 Å². The molecule has 1 rings (SSSR count). The van der Waals surface area contributed by atoms with E-state index in [-0.39, 0.29) is 10.6 Å². The number of benzene rings is 1. The summed E-state index contributed by atoms with van der Waals surface area (Å²) in [6, 6.07) is 2.22. The van der Waals surface area contributed by atoms with Gasteiger partial charge < -0.3 is 0 Å². The molecule has 0 bridgehead atoms. The molecule has 0 aromatic heterocycles. The van der Waals surface area contributed by atoms with E-state index >= 15 is 0 Å². The third kappa shape index (κ3) is 2.42. The third-order valence-electron chi connectivity index (χ3n) is 1.34. The van der Waals surface area contributed by atoms with Crippen LogP contribution in [0.4, 0.5) is 8.78 Å². The Bertz CT molecular complexity index is 340. The van der Waals surface area contributed by atoms with E-state index in [1.165, 1.54) is 0 Å². The Hall–Kier alpha value is -0.120. The summed E-state index contributed by atoms with van der Waals surface area (Å²) in [5, 5.41) is -0.163. The van der Waals surface area contributed by atoms with Crippen molar-refractivity contribution in [2.75, 3.05) is 0 Å². The number of hydrogen-bond donors (Lipinski definition) is 0. The molecule has 5 heteroatoms. The SMILES string of the molecule is Fc1cc(Br)cc(F)c1C(Cl)=CCl. The van der Waals surface area contributed by atoms with E-state index in [2.05, 4.69) is 15.9 Å². The molecule has 0 aliphatic rings. The van der Waals surface area contributed by atoms with Crippen LogP contribution in [-0.4, -0.2) is 0 Å². The van der Waals surface area contributed by atoms with Crippen LogP contribution in [0.5, 0.6) is 0 Å². The fourth-order valence-corrected chi connectivity index (χ4v) is 1.52. The summed E-state index contributed by atoms with van der Waals surface area (Å²) in [6.45, 7) is 0. The molecule has 0 amide bonds. The lowest BCUT2D eigenvalue weighted by atomic mass is 10.2. The quantitative estimate of drug-likeness (QED) is 0.713. The minimum absolute atomic E-state index is 0.163. The molecule has 0 N–H and O–H groups in total. The normalized spacial score (nSPS) is 11.9. The van der Waals surface area contributed by atoms with Crippen LogP contribution in [0.1, 0.15) is 5.56 Å². The van der Waals surface area contributed by atoms with Crippen LogP contribution in [0.25, 0.3) is 5.03 Å². The Morgan fingerprint density at radius 3 is 2.15 bits per heavy atom. The Labute approximate surface area is 92.3 Å². The van der Waals surface area contributed by atoms with Crippen molar-refractivity contribution in [1.82, 2.24) is 0 Å². The van der Waals surface area contributed by atoms with Crippen molar-refractivity contribution >= 4 is 44.2 Å². The zero-order valence-corrected chi connectivity index (χ0v) is 9.22. The van der Waals surface area contributed by atoms with E-state index in [0.29, 0.717) is 4.47 Å². The van der Waals surface area contributed by atoms with E-state index in [4.69, 9.17) is 23.2 Å². The highest BCUT2D eigenvalue weighted by Crippen LogP contribution is 2.28. The van der Waals surface area contributed by atoms with Crippen LogP contribution in [0.15, 0.2) is 22.1 Å². The topological polar surface area (TPSA) is 0 Å². The fraction of sp³-hybridized carbons (Fsp3) is 0. The van der Waals surface area contributed by atoms with Gasteiger partial charge in [0.2, 0.25) is 0 Å². The minimum Gasteiger partial charge on any atom is -0.206 e. The molecule has 13 heavy (non-hydrogen) atoms. The molecule has 0 saturated heterocycles. The van der Waals surface area contributed by atoms with Crippen LogP contribution >= 0.6 is 39.1 Å². The maximum atomic E-state index is 13.1. The first kappa shape index (κ1) is 11.0. The van der Waals surface area contributed by atoms with Crippen LogP contribution in [0.2, 0.25) is 0 Å². The number of hydrogen-bond acceptors (Lipinski definition) is 0. The molecule has 0 aliphatic heterocycles. The van der Waals surface area contributed by atoms with E-state index in [0.717, 1.165) is 17.7 Å². The lowest BCUT2D eigenvalue weighted by molar-refractivity contribution is 0.576. The largest absolute Gasteiger partial charge is 0.206 e. The molecule has 70 valence electrons. The first-order chi connectivity index (χ1) is 6.06. The number of halogens is 5. The van der Waals surface area contributed by atoms with Gasteiger partial charge in [0, 0.05) is 10.0 Å². The van der Waals surface area contributed by atoms with Crippen LogP contribution in [0.3, 0.4) is 0 Å². The standard InChI is InChI=1S/C8H3BrCl2F2/c9-4-1-6(12)8(5(11)3-10)7(13)2-4/h1-3H. The molecule has 1 aromatic carbocycles. The van der Waals surface area contributed by atoms with Crippen molar-refractivity contribution in [3.05, 3.63) is 39.3 Å². The van der Waals surface area contributed by atoms with Crippen molar-refractivity contribution in [2.24, 2.45) is 0 Å². The molecule has 0 radical (unpaired) electrons. The molecular weight excluding hydrogens is 285 g/mol. The summed E-state index contributed by atoms with van der Waals surface area (Å²) in [5.41, 5.74) is 0.594. The molecule has 0 heterocycles. The van der Waals surface area contributed by atoms with Gasteiger partial charge in [0.25, 0.3) is 0 Å². The number of rotatable bonds is 1. The second-order valence-electron chi connectivity index (χ2n) is 2.20. The van der Waals surface area contributed by atoms with Gasteiger partial charge in [-0.15, -0.1) is 0 Å². The van der Waals surface area contributed by atoms with E-state index < -0.39 is 11.6 Å². The highest BCUT2D eigenvalue weighted by molar-refractivity contribution is 9.10. The molecule has 0 unspecified atom stereocenters. The lowest BCUT2D eigenvalue weighted by Gasteiger charge is -2.02. The van der Waals surface area contributed by atoms with Gasteiger partial charge in [0.1, 0.15) is 11.6 Å². The average molecular weight is 288 g/mol.